The second-order valence-electron chi connectivity index (χ2n) is 26.9. The van der Waals surface area contributed by atoms with Gasteiger partial charge in [-0.05, 0) is 118 Å². The summed E-state index contributed by atoms with van der Waals surface area (Å²) in [7, 11) is 5.35. The number of ether oxygens (including phenoxy) is 4. The first kappa shape index (κ1) is 79.0. The van der Waals surface area contributed by atoms with E-state index in [4.69, 9.17) is 29.8 Å². The summed E-state index contributed by atoms with van der Waals surface area (Å²) in [4.78, 5) is 140. The Morgan fingerprint density at radius 3 is 1.90 bits per heavy atom. The highest BCUT2D eigenvalue weighted by Crippen LogP contribution is 2.30. The predicted molar refractivity (Wildman–Crippen MR) is 359 cm³/mol. The number of hydrogen-bond acceptors (Lipinski definition) is 17. The molecule has 5 rings (SSSR count). The lowest BCUT2D eigenvalue weighted by molar-refractivity contribution is -0.154. The van der Waals surface area contributed by atoms with E-state index in [1.165, 1.54) is 4.90 Å². The number of nitrogens with zero attached hydrogens (tertiary/aromatic N) is 7. The first-order valence-electron chi connectivity index (χ1n) is 34.0. The van der Waals surface area contributed by atoms with Crippen molar-refractivity contribution in [2.75, 3.05) is 80.4 Å². The van der Waals surface area contributed by atoms with Crippen molar-refractivity contribution in [3.8, 4) is 5.75 Å². The van der Waals surface area contributed by atoms with Crippen LogP contribution in [0.15, 0.2) is 54.7 Å². The number of urea groups is 1. The Kier molecular flexibility index (Phi) is 33.0. The average Bonchev–Trinajstić information content (AvgIpc) is 1.57. The van der Waals surface area contributed by atoms with Crippen LogP contribution in [0.25, 0.3) is 0 Å². The van der Waals surface area contributed by atoms with E-state index in [-0.39, 0.29) is 142 Å². The number of carbonyl (C=O) groups excluding carboxylic acids is 9. The molecular formula is C70H107N11O15. The Bertz CT molecular complexity index is 3000. The maximum atomic E-state index is 14.6. The van der Waals surface area contributed by atoms with Gasteiger partial charge in [0, 0.05) is 76.9 Å². The van der Waals surface area contributed by atoms with E-state index in [0.717, 1.165) is 16.8 Å². The van der Waals surface area contributed by atoms with E-state index in [9.17, 15) is 47.9 Å². The van der Waals surface area contributed by atoms with E-state index in [0.29, 0.717) is 95.7 Å². The van der Waals surface area contributed by atoms with E-state index in [1.54, 1.807) is 39.9 Å². The zero-order chi connectivity index (χ0) is 70.6. The molecule has 0 bridgehead atoms. The fourth-order valence-corrected chi connectivity index (χ4v) is 12.5. The monoisotopic (exact) mass is 1340 g/mol. The van der Waals surface area contributed by atoms with Crippen molar-refractivity contribution in [2.24, 2.45) is 41.2 Å². The van der Waals surface area contributed by atoms with Gasteiger partial charge in [-0.15, -0.1) is 5.10 Å². The van der Waals surface area contributed by atoms with Crippen molar-refractivity contribution < 1.29 is 72.0 Å². The number of carboxylic acids is 1. The second-order valence-corrected chi connectivity index (χ2v) is 26.9. The lowest BCUT2D eigenvalue weighted by Gasteiger charge is -2.38. The molecule has 26 heteroatoms. The topological polar surface area (TPSA) is 334 Å². The minimum absolute atomic E-state index is 0.00193. The molecule has 532 valence electrons. The van der Waals surface area contributed by atoms with Gasteiger partial charge in [-0.25, -0.2) is 9.48 Å². The Labute approximate surface area is 566 Å². The number of amides is 7. The maximum Gasteiger partial charge on any atom is 0.312 e. The summed E-state index contributed by atoms with van der Waals surface area (Å²) < 4.78 is 24.4. The van der Waals surface area contributed by atoms with Gasteiger partial charge in [-0.2, -0.15) is 0 Å². The first-order valence-corrected chi connectivity index (χ1v) is 34.0. The maximum absolute atomic E-state index is 14.6. The van der Waals surface area contributed by atoms with E-state index in [2.05, 4.69) is 26.3 Å². The number of Topliss-reactive ketones (excluding diaryl/α,β-unsaturated/α-hetero) is 3. The minimum atomic E-state index is -0.913. The van der Waals surface area contributed by atoms with Crippen LogP contribution in [0.1, 0.15) is 142 Å². The molecular weight excluding hydrogens is 1230 g/mol. The van der Waals surface area contributed by atoms with Crippen molar-refractivity contribution in [3.05, 3.63) is 77.1 Å². The number of aryl methyl sites for hydroxylation is 1. The number of carboxylic acid groups (broad SMARTS) is 1. The van der Waals surface area contributed by atoms with Crippen molar-refractivity contribution in [1.29, 1.82) is 0 Å². The molecule has 26 nitrogen and oxygen atoms in total. The lowest BCUT2D eigenvalue weighted by Crippen LogP contribution is -2.58. The fraction of sp³-hybridized carbons (Fsp3) is 0.657. The molecule has 7 amide bonds. The Balaban J connectivity index is 1.05. The number of benzene rings is 2. The van der Waals surface area contributed by atoms with Gasteiger partial charge in [-0.1, -0.05) is 97.0 Å². The number of carbonyl (C=O) groups is 10. The van der Waals surface area contributed by atoms with Crippen LogP contribution >= 0.6 is 0 Å². The lowest BCUT2D eigenvalue weighted by atomic mass is 9.84. The van der Waals surface area contributed by atoms with Crippen LogP contribution in [-0.2, 0) is 89.9 Å². The largest absolute Gasteiger partial charge is 0.489 e. The number of ketones is 3. The molecule has 2 aromatic carbocycles. The molecule has 2 aliphatic heterocycles. The van der Waals surface area contributed by atoms with Crippen LogP contribution in [0, 0.1) is 35.5 Å². The Morgan fingerprint density at radius 1 is 0.677 bits per heavy atom. The summed E-state index contributed by atoms with van der Waals surface area (Å²) >= 11 is 0. The van der Waals surface area contributed by atoms with Crippen LogP contribution < -0.4 is 26.4 Å². The zero-order valence-electron chi connectivity index (χ0n) is 58.4. The molecule has 6 N–H and O–H groups in total. The van der Waals surface area contributed by atoms with Gasteiger partial charge in [0.25, 0.3) is 0 Å². The molecule has 2 saturated heterocycles. The molecule has 7 unspecified atom stereocenters. The third-order valence-electron chi connectivity index (χ3n) is 17.7. The SMILES string of the molecule is CC(C)C(CC(=O)COCCOCCOCCn1cc(CCCC(=O)O)nn1)C(=O)NC(CCCNC(N)=O)C(=O)Cc1ccc(COc2ccc(CNC(=O)C3CCCN3C(=O)C3CCCN3C(=O)C(C(C)C)N(C)C(=O)C(CC(=O)C(C(C)C)N(C)C)C(C)C)cc2)cc1. The van der Waals surface area contributed by atoms with Crippen molar-refractivity contribution in [2.45, 2.75) is 182 Å². The average molecular weight is 1340 g/mol. The summed E-state index contributed by atoms with van der Waals surface area (Å²) in [5.74, 6) is -4.42. The smallest absolute Gasteiger partial charge is 0.312 e. The Morgan fingerprint density at radius 2 is 1.28 bits per heavy atom. The normalized spacial score (nSPS) is 16.4. The van der Waals surface area contributed by atoms with Crippen LogP contribution in [0.3, 0.4) is 0 Å². The molecule has 0 spiro atoms. The van der Waals surface area contributed by atoms with Gasteiger partial charge < -0.3 is 60.4 Å². The highest BCUT2D eigenvalue weighted by atomic mass is 16.5. The second kappa shape index (κ2) is 40.1. The summed E-state index contributed by atoms with van der Waals surface area (Å²) in [5.41, 5.74) is 8.34. The molecule has 7 atom stereocenters. The molecule has 1 aromatic heterocycles. The van der Waals surface area contributed by atoms with Crippen LogP contribution in [0.5, 0.6) is 5.75 Å². The predicted octanol–water partition coefficient (Wildman–Crippen LogP) is 5.19. The number of nitrogens with one attached hydrogen (secondary N) is 3. The number of likely N-dealkylation sites (tertiary alicyclic amines) is 2. The number of nitrogens with two attached hydrogens (primary N) is 1. The number of hydrogen-bond donors (Lipinski definition) is 5. The van der Waals surface area contributed by atoms with Crippen LogP contribution in [0.4, 0.5) is 4.79 Å². The minimum Gasteiger partial charge on any atom is -0.489 e. The molecule has 0 aliphatic carbocycles. The number of primary amides is 1. The number of aromatic nitrogens is 3. The standard InChI is InChI=1S/C70H107N11O15/c1-45(2)55(39-53(82)44-95-37-36-94-35-34-93-33-32-79-42-52(75-76-79)16-12-20-62(85)86)65(87)74-57(17-13-29-72-70(71)92)60(83)38-49-21-23-51(24-22-49)43-96-54-27-25-50(26-28-54)41-73-66(88)58-18-14-30-80(58)68(90)59-19-15-31-81(59)69(91)64(48(7)8)78(11)67(89)56(46(3)4)40-61(84)63(47(5)6)77(9)10/h21-28,42,45-48,55-59,63-64H,12-20,29-41,43-44H2,1-11H3,(H,73,88)(H,74,87)(H,85,86)(H3,71,72,92). The summed E-state index contributed by atoms with van der Waals surface area (Å²) in [6.07, 6.45) is 5.53. The highest BCUT2D eigenvalue weighted by Gasteiger charge is 2.46. The van der Waals surface area contributed by atoms with Crippen LogP contribution in [0.2, 0.25) is 0 Å². The van der Waals surface area contributed by atoms with Crippen molar-refractivity contribution in [1.82, 2.24) is 50.5 Å². The summed E-state index contributed by atoms with van der Waals surface area (Å²) in [6.45, 7) is 18.2. The van der Waals surface area contributed by atoms with Gasteiger partial charge in [0.05, 0.1) is 57.4 Å². The number of likely N-dealkylation sites (N-methyl/N-ethyl adjacent to an activating group) is 2. The zero-order valence-corrected chi connectivity index (χ0v) is 58.4. The number of aliphatic carboxylic acids is 1. The molecule has 3 aromatic rings. The first-order chi connectivity index (χ1) is 45.7. The summed E-state index contributed by atoms with van der Waals surface area (Å²) in [5, 5.41) is 25.3. The number of rotatable bonds is 44. The third-order valence-corrected chi connectivity index (χ3v) is 17.7. The van der Waals surface area contributed by atoms with Gasteiger partial charge in [0.1, 0.15) is 37.1 Å². The third kappa shape index (κ3) is 25.4. The van der Waals surface area contributed by atoms with Crippen molar-refractivity contribution in [3.63, 3.8) is 0 Å². The molecule has 3 heterocycles. The molecule has 96 heavy (non-hydrogen) atoms. The van der Waals surface area contributed by atoms with E-state index in [1.807, 2.05) is 111 Å². The van der Waals surface area contributed by atoms with E-state index < -0.39 is 53.9 Å². The van der Waals surface area contributed by atoms with Gasteiger partial charge in [-0.3, -0.25) is 48.1 Å². The fourth-order valence-electron chi connectivity index (χ4n) is 12.5. The Hall–Kier alpha value is -7.68. The molecule has 0 radical (unpaired) electrons. The quantitative estimate of drug-likeness (QED) is 0.0455. The molecule has 0 saturated carbocycles. The van der Waals surface area contributed by atoms with Gasteiger partial charge >= 0.3 is 12.0 Å². The highest BCUT2D eigenvalue weighted by molar-refractivity contribution is 5.97. The van der Waals surface area contributed by atoms with Crippen LogP contribution in [-0.4, -0.2) is 209 Å². The van der Waals surface area contributed by atoms with E-state index >= 15 is 0 Å². The molecule has 2 aliphatic rings. The molecule has 2 fully saturated rings. The van der Waals surface area contributed by atoms with Gasteiger partial charge in [0.2, 0.25) is 29.5 Å². The summed E-state index contributed by atoms with van der Waals surface area (Å²) in [6, 6.07) is 10.3. The van der Waals surface area contributed by atoms with Crippen molar-refractivity contribution >= 4 is 58.9 Å². The van der Waals surface area contributed by atoms with Gasteiger partial charge in [0.15, 0.2) is 17.3 Å².